The zero-order valence-corrected chi connectivity index (χ0v) is 28.0. The Kier molecular flexibility index (Phi) is 9.79. The van der Waals surface area contributed by atoms with Gasteiger partial charge in [-0.1, -0.05) is 40.9 Å². The van der Waals surface area contributed by atoms with Crippen molar-refractivity contribution in [1.82, 2.24) is 14.9 Å². The molecule has 0 aliphatic carbocycles. The normalized spacial score (nSPS) is 14.4. The topological polar surface area (TPSA) is 90.7 Å². The number of nitrogens with one attached hydrogen (secondary N) is 1. The number of aromatic carboxylic acids is 1. The number of fused-ring (bicyclic) bond motifs is 1. The Morgan fingerprint density at radius 3 is 2.27 bits per heavy atom. The number of carboxylic acids is 1. The molecule has 0 bridgehead atoms. The van der Waals surface area contributed by atoms with Crippen LogP contribution in [0.4, 0.5) is 45.0 Å². The molecule has 16 heteroatoms. The van der Waals surface area contributed by atoms with Crippen molar-refractivity contribution < 1.29 is 36.6 Å². The number of hydrogen-bond donors (Lipinski definition) is 2. The van der Waals surface area contributed by atoms with Crippen LogP contribution >= 0.6 is 34.8 Å². The molecular weight excluding hydrogens is 704 g/mol. The van der Waals surface area contributed by atoms with Gasteiger partial charge in [-0.05, 0) is 68.7 Å². The molecule has 0 spiro atoms. The predicted octanol–water partition coefficient (Wildman–Crippen LogP) is 8.98. The van der Waals surface area contributed by atoms with Crippen molar-refractivity contribution in [3.63, 3.8) is 0 Å². The van der Waals surface area contributed by atoms with Crippen molar-refractivity contribution in [2.45, 2.75) is 45.1 Å². The van der Waals surface area contributed by atoms with Gasteiger partial charge in [0, 0.05) is 26.7 Å². The SMILES string of the molecule is Cn1c(N(c2ccc(F)c(Cl)c2)c2c(Cl)ccc(CNC(=O)C(C)(C)F)c2Cl)nc2cc(C(=O)O)c(N3CCC(C(F)(F)F)CC3)cc21. The summed E-state index contributed by atoms with van der Waals surface area (Å²) in [5, 5.41) is 12.5. The number of carbonyl (C=O) groups is 2. The highest BCUT2D eigenvalue weighted by atomic mass is 35.5. The third-order valence-electron chi connectivity index (χ3n) is 8.21. The number of amides is 1. The number of hydrogen-bond acceptors (Lipinski definition) is 5. The Hall–Kier alpha value is -3.81. The highest BCUT2D eigenvalue weighted by Gasteiger charge is 2.41. The maximum Gasteiger partial charge on any atom is 0.391 e. The maximum atomic E-state index is 14.3. The molecule has 1 saturated heterocycles. The fourth-order valence-electron chi connectivity index (χ4n) is 5.57. The average molecular weight is 733 g/mol. The van der Waals surface area contributed by atoms with Gasteiger partial charge in [-0.2, -0.15) is 13.2 Å². The summed E-state index contributed by atoms with van der Waals surface area (Å²) in [4.78, 5) is 32.4. The Morgan fingerprint density at radius 1 is 1.02 bits per heavy atom. The zero-order chi connectivity index (χ0) is 35.3. The lowest BCUT2D eigenvalue weighted by molar-refractivity contribution is -0.179. The summed E-state index contributed by atoms with van der Waals surface area (Å²) in [5.74, 6) is -4.23. The lowest BCUT2D eigenvalue weighted by atomic mass is 9.95. The summed E-state index contributed by atoms with van der Waals surface area (Å²) >= 11 is 19.8. The second-order valence-corrected chi connectivity index (χ2v) is 13.1. The summed E-state index contributed by atoms with van der Waals surface area (Å²) in [6.07, 6.45) is -4.72. The molecule has 256 valence electrons. The largest absolute Gasteiger partial charge is 0.478 e. The first-order valence-corrected chi connectivity index (χ1v) is 15.8. The van der Waals surface area contributed by atoms with Crippen molar-refractivity contribution in [2.24, 2.45) is 13.0 Å². The van der Waals surface area contributed by atoms with E-state index in [4.69, 9.17) is 39.8 Å². The van der Waals surface area contributed by atoms with Crippen molar-refractivity contribution in [3.8, 4) is 0 Å². The first kappa shape index (κ1) is 35.5. The second-order valence-electron chi connectivity index (χ2n) is 11.9. The molecule has 3 aromatic carbocycles. The molecule has 0 saturated carbocycles. The number of aryl methyl sites for hydroxylation is 1. The van der Waals surface area contributed by atoms with Gasteiger partial charge < -0.3 is 19.9 Å². The molecule has 1 aromatic heterocycles. The van der Waals surface area contributed by atoms with Crippen LogP contribution in [0.3, 0.4) is 0 Å². The Balaban J connectivity index is 1.66. The number of carbonyl (C=O) groups excluding carboxylic acids is 1. The van der Waals surface area contributed by atoms with Gasteiger partial charge in [0.2, 0.25) is 5.95 Å². The number of piperidine rings is 1. The molecule has 48 heavy (non-hydrogen) atoms. The first-order valence-electron chi connectivity index (χ1n) is 14.6. The van der Waals surface area contributed by atoms with Crippen molar-refractivity contribution >= 4 is 80.7 Å². The number of benzene rings is 3. The van der Waals surface area contributed by atoms with Crippen LogP contribution < -0.4 is 15.1 Å². The van der Waals surface area contributed by atoms with E-state index < -0.39 is 35.5 Å². The lowest BCUT2D eigenvalue weighted by Crippen LogP contribution is -2.39. The molecule has 4 aromatic rings. The predicted molar refractivity (Wildman–Crippen MR) is 175 cm³/mol. The van der Waals surface area contributed by atoms with E-state index in [1.54, 1.807) is 22.6 Å². The van der Waals surface area contributed by atoms with Gasteiger partial charge in [-0.25, -0.2) is 18.6 Å². The van der Waals surface area contributed by atoms with Crippen LogP contribution in [0.15, 0.2) is 42.5 Å². The minimum atomic E-state index is -4.34. The Bertz CT molecular complexity index is 1900. The van der Waals surface area contributed by atoms with Crippen LogP contribution in [0.5, 0.6) is 0 Å². The molecule has 0 atom stereocenters. The van der Waals surface area contributed by atoms with E-state index in [0.717, 1.165) is 19.9 Å². The third kappa shape index (κ3) is 6.99. The fourth-order valence-corrected chi connectivity index (χ4v) is 6.36. The highest BCUT2D eigenvalue weighted by molar-refractivity contribution is 6.40. The monoisotopic (exact) mass is 731 g/mol. The highest BCUT2D eigenvalue weighted by Crippen LogP contribution is 2.46. The van der Waals surface area contributed by atoms with Crippen molar-refractivity contribution in [3.05, 3.63) is 74.5 Å². The van der Waals surface area contributed by atoms with E-state index >= 15 is 0 Å². The van der Waals surface area contributed by atoms with Crippen LogP contribution in [0.1, 0.15) is 42.6 Å². The fraction of sp³-hybridized carbons (Fsp3) is 0.344. The van der Waals surface area contributed by atoms with E-state index in [1.807, 2.05) is 0 Å². The Morgan fingerprint density at radius 2 is 1.69 bits per heavy atom. The number of halogens is 8. The number of alkyl halides is 4. The van der Waals surface area contributed by atoms with E-state index in [1.165, 1.54) is 35.2 Å². The van der Waals surface area contributed by atoms with E-state index in [9.17, 15) is 36.6 Å². The maximum absolute atomic E-state index is 14.3. The van der Waals surface area contributed by atoms with Gasteiger partial charge in [-0.3, -0.25) is 9.69 Å². The number of carboxylic acid groups (broad SMARTS) is 1. The van der Waals surface area contributed by atoms with Gasteiger partial charge in [0.1, 0.15) is 5.82 Å². The molecular formula is C32H29Cl3F5N5O3. The quantitative estimate of drug-likeness (QED) is 0.176. The Labute approximate surface area is 287 Å². The molecule has 5 rings (SSSR count). The molecule has 1 aliphatic rings. The summed E-state index contributed by atoms with van der Waals surface area (Å²) < 4.78 is 70.1. The summed E-state index contributed by atoms with van der Waals surface area (Å²) in [5.41, 5.74) is -0.706. The lowest BCUT2D eigenvalue weighted by Gasteiger charge is -2.35. The average Bonchev–Trinajstić information content (AvgIpc) is 3.33. The number of nitrogens with zero attached hydrogens (tertiary/aromatic N) is 4. The number of anilines is 4. The van der Waals surface area contributed by atoms with E-state index in [-0.39, 0.29) is 81.6 Å². The molecule has 2 heterocycles. The number of aromatic nitrogens is 2. The molecule has 0 unspecified atom stereocenters. The smallest absolute Gasteiger partial charge is 0.391 e. The summed E-state index contributed by atoms with van der Waals surface area (Å²) in [7, 11) is 1.62. The minimum absolute atomic E-state index is 0.00495. The molecule has 2 N–H and O–H groups in total. The number of imidazole rings is 1. The van der Waals surface area contributed by atoms with Crippen LogP contribution in [0.25, 0.3) is 11.0 Å². The van der Waals surface area contributed by atoms with Gasteiger partial charge in [0.15, 0.2) is 5.67 Å². The van der Waals surface area contributed by atoms with E-state index in [2.05, 4.69) is 5.32 Å². The summed E-state index contributed by atoms with van der Waals surface area (Å²) in [6, 6.07) is 9.74. The molecule has 1 fully saturated rings. The van der Waals surface area contributed by atoms with Crippen molar-refractivity contribution in [2.75, 3.05) is 22.9 Å². The third-order valence-corrected chi connectivity index (χ3v) is 9.23. The molecule has 1 aliphatic heterocycles. The molecule has 1 amide bonds. The van der Waals surface area contributed by atoms with Gasteiger partial charge in [0.05, 0.1) is 54.6 Å². The van der Waals surface area contributed by atoms with E-state index in [0.29, 0.717) is 11.1 Å². The first-order chi connectivity index (χ1) is 22.4. The second kappa shape index (κ2) is 13.2. The molecule has 0 radical (unpaired) electrons. The van der Waals surface area contributed by atoms with Gasteiger partial charge in [0.25, 0.3) is 5.91 Å². The van der Waals surface area contributed by atoms with Gasteiger partial charge in [-0.15, -0.1) is 0 Å². The van der Waals surface area contributed by atoms with Crippen molar-refractivity contribution in [1.29, 1.82) is 0 Å². The van der Waals surface area contributed by atoms with Gasteiger partial charge >= 0.3 is 12.1 Å². The van der Waals surface area contributed by atoms with Crippen LogP contribution in [-0.4, -0.2) is 51.5 Å². The summed E-state index contributed by atoms with van der Waals surface area (Å²) in [6.45, 7) is 2.03. The molecule has 8 nitrogen and oxygen atoms in total. The number of rotatable bonds is 8. The zero-order valence-electron chi connectivity index (χ0n) is 25.7. The minimum Gasteiger partial charge on any atom is -0.478 e. The van der Waals surface area contributed by atoms with Crippen LogP contribution in [0, 0.1) is 11.7 Å². The standard InChI is InChI=1S/C32H29Cl3F5N5O3/c1-31(2,37)29(48)41-15-16-4-6-20(33)27(26(16)35)45(18-5-7-22(36)21(34)12-18)30-42-23-13-19(28(46)47)24(14-25(23)43(30)3)44-10-8-17(9-11-44)32(38,39)40/h4-7,12-14,17H,8-11,15H2,1-3H3,(H,41,48)(H,46,47). The van der Waals surface area contributed by atoms with Crippen LogP contribution in [0.2, 0.25) is 15.1 Å². The van der Waals surface area contributed by atoms with Crippen LogP contribution in [-0.2, 0) is 18.4 Å².